The molecule has 0 saturated heterocycles. The lowest BCUT2D eigenvalue weighted by molar-refractivity contribution is -0.159. The third-order valence-corrected chi connectivity index (χ3v) is 7.55. The Balaban J connectivity index is 1.61. The molecule has 5 aliphatic carbocycles. The maximum absolute atomic E-state index is 3.79. The fourth-order valence-corrected chi connectivity index (χ4v) is 7.66. The summed E-state index contributed by atoms with van der Waals surface area (Å²) in [4.78, 5) is 0. The van der Waals surface area contributed by atoms with E-state index in [1.54, 1.807) is 0 Å². The molecule has 20 heavy (non-hydrogen) atoms. The van der Waals surface area contributed by atoms with Crippen LogP contribution in [0.3, 0.4) is 0 Å². The minimum absolute atomic E-state index is 0.646. The molecular weight excluding hydrogens is 242 g/mol. The average Bonchev–Trinajstić information content (AvgIpc) is 2.21. The molecule has 3 unspecified atom stereocenters. The van der Waals surface area contributed by atoms with Gasteiger partial charge < -0.3 is 5.32 Å². The first-order valence-corrected chi connectivity index (χ1v) is 9.12. The van der Waals surface area contributed by atoms with Crippen LogP contribution in [-0.2, 0) is 0 Å². The van der Waals surface area contributed by atoms with Gasteiger partial charge in [0.25, 0.3) is 0 Å². The van der Waals surface area contributed by atoms with Crippen molar-refractivity contribution in [2.45, 2.75) is 84.1 Å². The Kier molecular flexibility index (Phi) is 2.89. The summed E-state index contributed by atoms with van der Waals surface area (Å²) in [5.41, 5.74) is 1.99. The van der Waals surface area contributed by atoms with Gasteiger partial charge in [-0.2, -0.15) is 0 Å². The highest BCUT2D eigenvalue weighted by Gasteiger charge is 2.61. The van der Waals surface area contributed by atoms with Crippen molar-refractivity contribution in [3.8, 4) is 0 Å². The van der Waals surface area contributed by atoms with E-state index >= 15 is 0 Å². The molecule has 5 rings (SSSR count). The van der Waals surface area contributed by atoms with Crippen molar-refractivity contribution in [3.63, 3.8) is 0 Å². The zero-order valence-electron chi connectivity index (χ0n) is 13.8. The lowest BCUT2D eigenvalue weighted by Crippen LogP contribution is -2.61. The van der Waals surface area contributed by atoms with Crippen LogP contribution in [-0.4, -0.2) is 13.1 Å². The van der Waals surface area contributed by atoms with Gasteiger partial charge in [0.15, 0.2) is 0 Å². The molecular formula is C19H33N. The maximum atomic E-state index is 3.79. The molecule has 3 atom stereocenters. The fraction of sp³-hybridized carbons (Fsp3) is 1.00. The first-order chi connectivity index (χ1) is 9.44. The van der Waals surface area contributed by atoms with Crippen LogP contribution in [0.15, 0.2) is 0 Å². The van der Waals surface area contributed by atoms with Crippen LogP contribution < -0.4 is 5.32 Å². The maximum Gasteiger partial charge on any atom is 0.0124 e. The van der Waals surface area contributed by atoms with Crippen molar-refractivity contribution in [2.75, 3.05) is 7.05 Å². The predicted octanol–water partition coefficient (Wildman–Crippen LogP) is 4.76. The second-order valence-corrected chi connectivity index (χ2v) is 9.87. The van der Waals surface area contributed by atoms with E-state index < -0.39 is 0 Å². The number of rotatable bonds is 4. The minimum Gasteiger partial charge on any atom is -0.316 e. The molecule has 1 nitrogen and oxygen atoms in total. The van der Waals surface area contributed by atoms with Crippen LogP contribution in [0.25, 0.3) is 0 Å². The van der Waals surface area contributed by atoms with E-state index in [4.69, 9.17) is 0 Å². The van der Waals surface area contributed by atoms with Crippen LogP contribution >= 0.6 is 0 Å². The third kappa shape index (κ3) is 1.99. The van der Waals surface area contributed by atoms with E-state index in [2.05, 4.69) is 26.2 Å². The van der Waals surface area contributed by atoms with E-state index in [0.29, 0.717) is 16.2 Å². The molecule has 0 spiro atoms. The Morgan fingerprint density at radius 2 is 1.65 bits per heavy atom. The monoisotopic (exact) mass is 275 g/mol. The predicted molar refractivity (Wildman–Crippen MR) is 84.6 cm³/mol. The molecule has 0 aromatic carbocycles. The molecule has 5 fully saturated rings. The van der Waals surface area contributed by atoms with Gasteiger partial charge in [-0.05, 0) is 80.1 Å². The van der Waals surface area contributed by atoms with E-state index in [1.807, 2.05) is 0 Å². The number of hydrogen-bond acceptors (Lipinski definition) is 1. The lowest BCUT2D eigenvalue weighted by Gasteiger charge is -2.67. The highest BCUT2D eigenvalue weighted by Crippen LogP contribution is 2.70. The van der Waals surface area contributed by atoms with Gasteiger partial charge >= 0.3 is 0 Å². The van der Waals surface area contributed by atoms with Crippen molar-refractivity contribution in [3.05, 3.63) is 0 Å². The SMILES string of the molecule is CNC(CC1CCC1)C12CC3CC(C)(CC(C)(C3)C1)C2. The van der Waals surface area contributed by atoms with Crippen LogP contribution in [0.5, 0.6) is 0 Å². The van der Waals surface area contributed by atoms with Crippen molar-refractivity contribution < 1.29 is 0 Å². The first kappa shape index (κ1) is 13.6. The minimum atomic E-state index is 0.646. The molecule has 0 aromatic rings. The highest BCUT2D eigenvalue weighted by molar-refractivity contribution is 5.13. The van der Waals surface area contributed by atoms with E-state index in [9.17, 15) is 0 Å². The summed E-state index contributed by atoms with van der Waals surface area (Å²) in [5.74, 6) is 2.08. The van der Waals surface area contributed by atoms with Gasteiger partial charge in [0.05, 0.1) is 0 Å². The Morgan fingerprint density at radius 3 is 2.10 bits per heavy atom. The molecule has 1 N–H and O–H groups in total. The summed E-state index contributed by atoms with van der Waals surface area (Å²) < 4.78 is 0. The van der Waals surface area contributed by atoms with E-state index in [1.165, 1.54) is 64.2 Å². The standard InChI is InChI=1S/C19H33N/c1-17-8-15-9-18(2,11-17)13-19(10-15,12-17)16(20-3)7-14-5-4-6-14/h14-16,20H,4-13H2,1-3H3. The van der Waals surface area contributed by atoms with Gasteiger partial charge in [-0.1, -0.05) is 33.1 Å². The molecule has 0 aromatic heterocycles. The zero-order valence-corrected chi connectivity index (χ0v) is 13.8. The zero-order chi connectivity index (χ0) is 14.0. The van der Waals surface area contributed by atoms with Gasteiger partial charge in [0.1, 0.15) is 0 Å². The summed E-state index contributed by atoms with van der Waals surface area (Å²) in [6.07, 6.45) is 15.1. The van der Waals surface area contributed by atoms with Crippen molar-refractivity contribution >= 4 is 0 Å². The van der Waals surface area contributed by atoms with Crippen LogP contribution in [0, 0.1) is 28.1 Å². The molecule has 4 bridgehead atoms. The summed E-state index contributed by atoms with van der Waals surface area (Å²) in [6, 6.07) is 0.801. The summed E-state index contributed by atoms with van der Waals surface area (Å²) >= 11 is 0. The Hall–Kier alpha value is -0.0400. The van der Waals surface area contributed by atoms with E-state index in [0.717, 1.165) is 17.9 Å². The second kappa shape index (κ2) is 4.24. The Labute approximate surface area is 125 Å². The number of nitrogens with one attached hydrogen (secondary N) is 1. The normalized spacial score (nSPS) is 52.0. The molecule has 5 saturated carbocycles. The molecule has 0 amide bonds. The topological polar surface area (TPSA) is 12.0 Å². The summed E-state index contributed by atoms with van der Waals surface area (Å²) in [5, 5.41) is 3.79. The Bertz CT molecular complexity index is 379. The van der Waals surface area contributed by atoms with Gasteiger partial charge in [-0.15, -0.1) is 0 Å². The Morgan fingerprint density at radius 1 is 1.00 bits per heavy atom. The molecule has 114 valence electrons. The van der Waals surface area contributed by atoms with Crippen molar-refractivity contribution in [2.24, 2.45) is 28.1 Å². The summed E-state index contributed by atoms with van der Waals surface area (Å²) in [6.45, 7) is 5.22. The van der Waals surface area contributed by atoms with Gasteiger partial charge in [-0.3, -0.25) is 0 Å². The van der Waals surface area contributed by atoms with Gasteiger partial charge in [-0.25, -0.2) is 0 Å². The van der Waals surface area contributed by atoms with Crippen LogP contribution in [0.2, 0.25) is 0 Å². The van der Waals surface area contributed by atoms with Crippen LogP contribution in [0.4, 0.5) is 0 Å². The lowest BCUT2D eigenvalue weighted by atomic mass is 9.38. The molecule has 5 aliphatic rings. The average molecular weight is 275 g/mol. The molecule has 0 radical (unpaired) electrons. The van der Waals surface area contributed by atoms with Gasteiger partial charge in [0, 0.05) is 6.04 Å². The number of hydrogen-bond donors (Lipinski definition) is 1. The third-order valence-electron chi connectivity index (χ3n) is 7.55. The van der Waals surface area contributed by atoms with Crippen LogP contribution in [0.1, 0.15) is 78.1 Å². The molecule has 1 heteroatoms. The second-order valence-electron chi connectivity index (χ2n) is 9.87. The molecule has 0 heterocycles. The van der Waals surface area contributed by atoms with E-state index in [-0.39, 0.29) is 0 Å². The fourth-order valence-electron chi connectivity index (χ4n) is 7.66. The smallest absolute Gasteiger partial charge is 0.0124 e. The summed E-state index contributed by atoms with van der Waals surface area (Å²) in [7, 11) is 2.24. The molecule has 0 aliphatic heterocycles. The van der Waals surface area contributed by atoms with Crippen molar-refractivity contribution in [1.82, 2.24) is 5.32 Å². The highest BCUT2D eigenvalue weighted by atomic mass is 14.9. The van der Waals surface area contributed by atoms with Gasteiger partial charge in [0.2, 0.25) is 0 Å². The largest absolute Gasteiger partial charge is 0.316 e. The first-order valence-electron chi connectivity index (χ1n) is 9.12. The van der Waals surface area contributed by atoms with Crippen molar-refractivity contribution in [1.29, 1.82) is 0 Å². The quantitative estimate of drug-likeness (QED) is 0.780.